The van der Waals surface area contributed by atoms with Gasteiger partial charge in [-0.25, -0.2) is 4.99 Å². The van der Waals surface area contributed by atoms with E-state index in [2.05, 4.69) is 20.9 Å². The summed E-state index contributed by atoms with van der Waals surface area (Å²) in [4.78, 5) is 5.45. The highest BCUT2D eigenvalue weighted by atomic mass is 79.9. The van der Waals surface area contributed by atoms with Crippen molar-refractivity contribution in [1.82, 2.24) is 4.90 Å². The van der Waals surface area contributed by atoms with Crippen LogP contribution in [0, 0.1) is 5.41 Å². The molecule has 0 amide bonds. The van der Waals surface area contributed by atoms with E-state index in [1.807, 2.05) is 24.3 Å². The smallest absolute Gasteiger partial charge is 0.198 e. The molecule has 7 heteroatoms. The Kier molecular flexibility index (Phi) is 6.60. The van der Waals surface area contributed by atoms with Crippen molar-refractivity contribution in [3.8, 4) is 0 Å². The minimum atomic E-state index is -0.129. The van der Waals surface area contributed by atoms with E-state index >= 15 is 0 Å². The van der Waals surface area contributed by atoms with Crippen LogP contribution in [0.4, 0.5) is 0 Å². The third kappa shape index (κ3) is 5.06. The molecule has 5 N–H and O–H groups in total. The molecule has 0 aliphatic heterocycles. The SMILES string of the molecule is CN(C(=N)N)C(N)=NCc1cccc(Br)c1.Cl. The summed E-state index contributed by atoms with van der Waals surface area (Å²) in [6.07, 6.45) is 0. The predicted octanol–water partition coefficient (Wildman–Crippen LogP) is 1.51. The largest absolute Gasteiger partial charge is 0.370 e. The van der Waals surface area contributed by atoms with Gasteiger partial charge in [0.1, 0.15) is 0 Å². The number of aliphatic imine (C=N–C) groups is 1. The first-order valence-electron chi connectivity index (χ1n) is 4.63. The molecule has 0 fully saturated rings. The lowest BCUT2D eigenvalue weighted by Crippen LogP contribution is -2.42. The average Bonchev–Trinajstić information content (AvgIpc) is 2.24. The first kappa shape index (κ1) is 15.7. The second-order valence-corrected chi connectivity index (χ2v) is 4.16. The Hall–Kier alpha value is -1.27. The summed E-state index contributed by atoms with van der Waals surface area (Å²) in [6.45, 7) is 0.461. The molecule has 0 radical (unpaired) electrons. The normalized spacial score (nSPS) is 10.6. The Morgan fingerprint density at radius 1 is 1.47 bits per heavy atom. The molecule has 0 aromatic heterocycles. The Balaban J connectivity index is 0.00000256. The number of benzene rings is 1. The van der Waals surface area contributed by atoms with Crippen molar-refractivity contribution in [2.24, 2.45) is 16.5 Å². The summed E-state index contributed by atoms with van der Waals surface area (Å²) in [6, 6.07) is 7.79. The maximum absolute atomic E-state index is 7.18. The van der Waals surface area contributed by atoms with Gasteiger partial charge in [0, 0.05) is 11.5 Å². The third-order valence-electron chi connectivity index (χ3n) is 2.02. The molecule has 1 aromatic rings. The Bertz CT molecular complexity index is 421. The molecule has 0 spiro atoms. The van der Waals surface area contributed by atoms with Crippen LogP contribution >= 0.6 is 28.3 Å². The number of hydrogen-bond donors (Lipinski definition) is 3. The van der Waals surface area contributed by atoms with E-state index < -0.39 is 0 Å². The van der Waals surface area contributed by atoms with Crippen LogP contribution in [0.15, 0.2) is 33.7 Å². The minimum absolute atomic E-state index is 0. The standard InChI is InChI=1S/C10H14BrN5.ClH/c1-16(9(12)13)10(14)15-6-7-3-2-4-8(11)5-7;/h2-5H,6H2,1H3,(H3,12,13)(H2,14,15);1H. The topological polar surface area (TPSA) is 91.5 Å². The van der Waals surface area contributed by atoms with Crippen LogP contribution in [0.5, 0.6) is 0 Å². The number of halogens is 2. The van der Waals surface area contributed by atoms with Gasteiger partial charge in [-0.1, -0.05) is 28.1 Å². The molecule has 0 atom stereocenters. The van der Waals surface area contributed by atoms with Gasteiger partial charge in [0.2, 0.25) is 0 Å². The number of nitrogens with one attached hydrogen (secondary N) is 1. The summed E-state index contributed by atoms with van der Waals surface area (Å²) >= 11 is 3.38. The van der Waals surface area contributed by atoms with E-state index in [-0.39, 0.29) is 24.3 Å². The summed E-state index contributed by atoms with van der Waals surface area (Å²) in [7, 11) is 1.60. The molecule has 0 bridgehead atoms. The highest BCUT2D eigenvalue weighted by molar-refractivity contribution is 9.10. The van der Waals surface area contributed by atoms with Gasteiger partial charge in [0.25, 0.3) is 0 Å². The summed E-state index contributed by atoms with van der Waals surface area (Å²) in [5.74, 6) is 0.1000. The maximum Gasteiger partial charge on any atom is 0.198 e. The van der Waals surface area contributed by atoms with Crippen molar-refractivity contribution in [2.45, 2.75) is 6.54 Å². The molecule has 0 unspecified atom stereocenters. The summed E-state index contributed by atoms with van der Waals surface area (Å²) in [5.41, 5.74) is 12.0. The van der Waals surface area contributed by atoms with E-state index in [1.165, 1.54) is 4.90 Å². The fourth-order valence-electron chi connectivity index (χ4n) is 1.04. The molecule has 1 rings (SSSR count). The zero-order valence-electron chi connectivity index (χ0n) is 9.35. The molecule has 0 saturated heterocycles. The molecular formula is C10H15BrClN5. The Morgan fingerprint density at radius 3 is 2.65 bits per heavy atom. The van der Waals surface area contributed by atoms with Crippen LogP contribution < -0.4 is 11.5 Å². The molecule has 17 heavy (non-hydrogen) atoms. The van der Waals surface area contributed by atoms with Crippen LogP contribution in [0.2, 0.25) is 0 Å². The van der Waals surface area contributed by atoms with Gasteiger partial charge < -0.3 is 11.5 Å². The predicted molar refractivity (Wildman–Crippen MR) is 76.4 cm³/mol. The minimum Gasteiger partial charge on any atom is -0.370 e. The molecular weight excluding hydrogens is 306 g/mol. The Morgan fingerprint density at radius 2 is 2.12 bits per heavy atom. The van der Waals surface area contributed by atoms with Crippen LogP contribution in [0.1, 0.15) is 5.56 Å². The lowest BCUT2D eigenvalue weighted by atomic mass is 10.2. The number of hydrogen-bond acceptors (Lipinski definition) is 2. The van der Waals surface area contributed by atoms with Crippen LogP contribution in [0.3, 0.4) is 0 Å². The molecule has 5 nitrogen and oxygen atoms in total. The highest BCUT2D eigenvalue weighted by Gasteiger charge is 2.03. The van der Waals surface area contributed by atoms with Crippen molar-refractivity contribution in [3.63, 3.8) is 0 Å². The lowest BCUT2D eigenvalue weighted by molar-refractivity contribution is 0.714. The van der Waals surface area contributed by atoms with Crippen molar-refractivity contribution in [1.29, 1.82) is 5.41 Å². The van der Waals surface area contributed by atoms with Gasteiger partial charge in [-0.15, -0.1) is 12.4 Å². The van der Waals surface area contributed by atoms with Crippen LogP contribution in [0.25, 0.3) is 0 Å². The highest BCUT2D eigenvalue weighted by Crippen LogP contribution is 2.12. The molecule has 0 heterocycles. The number of nitrogens with two attached hydrogens (primary N) is 2. The van der Waals surface area contributed by atoms with Crippen molar-refractivity contribution in [3.05, 3.63) is 34.3 Å². The first-order valence-corrected chi connectivity index (χ1v) is 5.42. The quantitative estimate of drug-likeness (QED) is 0.570. The monoisotopic (exact) mass is 319 g/mol. The fourth-order valence-corrected chi connectivity index (χ4v) is 1.48. The van der Waals surface area contributed by atoms with E-state index in [0.29, 0.717) is 6.54 Å². The molecule has 0 aliphatic carbocycles. The van der Waals surface area contributed by atoms with Gasteiger partial charge in [-0.05, 0) is 17.7 Å². The van der Waals surface area contributed by atoms with Crippen LogP contribution in [-0.4, -0.2) is 23.9 Å². The second kappa shape index (κ2) is 7.13. The second-order valence-electron chi connectivity index (χ2n) is 3.25. The van der Waals surface area contributed by atoms with Gasteiger partial charge in [-0.2, -0.15) is 0 Å². The van der Waals surface area contributed by atoms with Gasteiger partial charge >= 0.3 is 0 Å². The molecule has 0 saturated carbocycles. The lowest BCUT2D eigenvalue weighted by Gasteiger charge is -2.14. The Labute approximate surface area is 115 Å². The third-order valence-corrected chi connectivity index (χ3v) is 2.51. The van der Waals surface area contributed by atoms with E-state index in [1.54, 1.807) is 7.05 Å². The maximum atomic E-state index is 7.18. The first-order chi connectivity index (χ1) is 7.50. The summed E-state index contributed by atoms with van der Waals surface area (Å²) in [5, 5.41) is 7.18. The summed E-state index contributed by atoms with van der Waals surface area (Å²) < 4.78 is 0.999. The number of rotatable bonds is 2. The van der Waals surface area contributed by atoms with E-state index in [9.17, 15) is 0 Å². The van der Waals surface area contributed by atoms with Crippen molar-refractivity contribution < 1.29 is 0 Å². The van der Waals surface area contributed by atoms with Gasteiger partial charge in [-0.3, -0.25) is 10.3 Å². The molecule has 1 aromatic carbocycles. The van der Waals surface area contributed by atoms with Crippen molar-refractivity contribution in [2.75, 3.05) is 7.05 Å². The fraction of sp³-hybridized carbons (Fsp3) is 0.200. The van der Waals surface area contributed by atoms with E-state index in [0.717, 1.165) is 10.0 Å². The molecule has 0 aliphatic rings. The van der Waals surface area contributed by atoms with Crippen LogP contribution in [-0.2, 0) is 6.54 Å². The number of guanidine groups is 2. The van der Waals surface area contributed by atoms with Gasteiger partial charge in [0.15, 0.2) is 11.9 Å². The molecule has 94 valence electrons. The zero-order valence-corrected chi connectivity index (χ0v) is 11.8. The number of nitrogens with zero attached hydrogens (tertiary/aromatic N) is 2. The van der Waals surface area contributed by atoms with Crippen molar-refractivity contribution >= 4 is 40.3 Å². The average molecular weight is 321 g/mol. The zero-order chi connectivity index (χ0) is 12.1. The van der Waals surface area contributed by atoms with Gasteiger partial charge in [0.05, 0.1) is 6.54 Å². The van der Waals surface area contributed by atoms with E-state index in [4.69, 9.17) is 16.9 Å².